The zero-order valence-corrected chi connectivity index (χ0v) is 12.6. The first-order valence-electron chi connectivity index (χ1n) is 7.56. The summed E-state index contributed by atoms with van der Waals surface area (Å²) in [6.07, 6.45) is 2.01. The quantitative estimate of drug-likeness (QED) is 0.781. The molecule has 0 aliphatic carbocycles. The largest absolute Gasteiger partial charge is 0.493 e. The summed E-state index contributed by atoms with van der Waals surface area (Å²) in [5.41, 5.74) is 3.80. The van der Waals surface area contributed by atoms with Crippen LogP contribution < -0.4 is 4.74 Å². The summed E-state index contributed by atoms with van der Waals surface area (Å²) in [6.45, 7) is 5.00. The van der Waals surface area contributed by atoms with Crippen molar-refractivity contribution >= 4 is 5.78 Å². The third-order valence-electron chi connectivity index (χ3n) is 4.02. The van der Waals surface area contributed by atoms with Crippen LogP contribution in [0, 0.1) is 0 Å². The maximum absolute atomic E-state index is 12.7. The lowest BCUT2D eigenvalue weighted by Gasteiger charge is -2.19. The van der Waals surface area contributed by atoms with Gasteiger partial charge in [0.2, 0.25) is 0 Å². The van der Waals surface area contributed by atoms with Crippen molar-refractivity contribution in [2.24, 2.45) is 0 Å². The Labute approximate surface area is 125 Å². The normalized spacial score (nSPS) is 13.7. The van der Waals surface area contributed by atoms with Gasteiger partial charge in [-0.2, -0.15) is 0 Å². The molecular weight excluding hydrogens is 260 g/mol. The molecule has 1 aliphatic heterocycles. The highest BCUT2D eigenvalue weighted by atomic mass is 16.5. The summed E-state index contributed by atoms with van der Waals surface area (Å²) in [5, 5.41) is 0. The molecule has 2 nitrogen and oxygen atoms in total. The van der Waals surface area contributed by atoms with E-state index < -0.39 is 0 Å². The van der Waals surface area contributed by atoms with E-state index in [2.05, 4.69) is 13.8 Å². The molecule has 0 aromatic heterocycles. The van der Waals surface area contributed by atoms with Crippen LogP contribution >= 0.6 is 0 Å². The lowest BCUT2D eigenvalue weighted by molar-refractivity contribution is 0.103. The number of ether oxygens (including phenoxy) is 1. The van der Waals surface area contributed by atoms with Gasteiger partial charge in [-0.3, -0.25) is 4.79 Å². The van der Waals surface area contributed by atoms with Gasteiger partial charge in [-0.15, -0.1) is 0 Å². The van der Waals surface area contributed by atoms with Gasteiger partial charge in [0.15, 0.2) is 5.78 Å². The van der Waals surface area contributed by atoms with Gasteiger partial charge in [0.05, 0.1) is 12.2 Å². The van der Waals surface area contributed by atoms with E-state index in [0.717, 1.165) is 29.7 Å². The molecule has 0 saturated carbocycles. The van der Waals surface area contributed by atoms with E-state index in [1.54, 1.807) is 0 Å². The minimum atomic E-state index is 0.0454. The lowest BCUT2D eigenvalue weighted by Crippen LogP contribution is -2.13. The van der Waals surface area contributed by atoms with E-state index in [1.807, 2.05) is 42.5 Å². The number of aryl methyl sites for hydroxylation is 1. The highest BCUT2D eigenvalue weighted by Gasteiger charge is 2.20. The standard InChI is InChI=1S/C19H20O2/c1-13(2)14-8-10-15(11-9-14)18(20)17-7-3-5-16-6-4-12-21-19(16)17/h3,5,7-11,13H,4,6,12H2,1-2H3. The highest BCUT2D eigenvalue weighted by molar-refractivity contribution is 6.11. The highest BCUT2D eigenvalue weighted by Crippen LogP contribution is 2.30. The van der Waals surface area contributed by atoms with Crippen molar-refractivity contribution < 1.29 is 9.53 Å². The predicted molar refractivity (Wildman–Crippen MR) is 84.2 cm³/mol. The van der Waals surface area contributed by atoms with Crippen molar-refractivity contribution in [3.8, 4) is 5.75 Å². The number of carbonyl (C=O) groups excluding carboxylic acids is 1. The van der Waals surface area contributed by atoms with E-state index in [1.165, 1.54) is 5.56 Å². The topological polar surface area (TPSA) is 26.3 Å². The van der Waals surface area contributed by atoms with Crippen LogP contribution in [-0.2, 0) is 6.42 Å². The van der Waals surface area contributed by atoms with Crippen LogP contribution in [0.1, 0.15) is 53.2 Å². The minimum absolute atomic E-state index is 0.0454. The molecule has 0 N–H and O–H groups in total. The van der Waals surface area contributed by atoms with E-state index in [4.69, 9.17) is 4.74 Å². The van der Waals surface area contributed by atoms with Crippen molar-refractivity contribution in [3.63, 3.8) is 0 Å². The molecule has 0 spiro atoms. The van der Waals surface area contributed by atoms with Crippen molar-refractivity contribution in [3.05, 3.63) is 64.7 Å². The van der Waals surface area contributed by atoms with Crippen LogP contribution in [-0.4, -0.2) is 12.4 Å². The van der Waals surface area contributed by atoms with E-state index in [9.17, 15) is 4.79 Å². The fraction of sp³-hybridized carbons (Fsp3) is 0.316. The van der Waals surface area contributed by atoms with Crippen LogP contribution in [0.15, 0.2) is 42.5 Å². The average molecular weight is 280 g/mol. The van der Waals surface area contributed by atoms with Crippen molar-refractivity contribution in [2.75, 3.05) is 6.61 Å². The van der Waals surface area contributed by atoms with Gasteiger partial charge in [-0.05, 0) is 36.0 Å². The molecule has 2 aromatic rings. The fourth-order valence-corrected chi connectivity index (χ4v) is 2.74. The monoisotopic (exact) mass is 280 g/mol. The SMILES string of the molecule is CC(C)c1ccc(C(=O)c2cccc3c2OCCC3)cc1. The number of carbonyl (C=O) groups is 1. The third kappa shape index (κ3) is 2.71. The number of hydrogen-bond acceptors (Lipinski definition) is 2. The summed E-state index contributed by atoms with van der Waals surface area (Å²) in [4.78, 5) is 12.7. The summed E-state index contributed by atoms with van der Waals surface area (Å²) in [7, 11) is 0. The second-order valence-electron chi connectivity index (χ2n) is 5.85. The molecule has 0 atom stereocenters. The Morgan fingerprint density at radius 3 is 2.57 bits per heavy atom. The Morgan fingerprint density at radius 2 is 1.86 bits per heavy atom. The van der Waals surface area contributed by atoms with Crippen LogP contribution in [0.5, 0.6) is 5.75 Å². The van der Waals surface area contributed by atoms with E-state index >= 15 is 0 Å². The Kier molecular flexibility index (Phi) is 3.78. The molecule has 0 saturated heterocycles. The van der Waals surface area contributed by atoms with Crippen LogP contribution in [0.2, 0.25) is 0 Å². The summed E-state index contributed by atoms with van der Waals surface area (Å²) in [5.74, 6) is 1.30. The van der Waals surface area contributed by atoms with Crippen LogP contribution in [0.4, 0.5) is 0 Å². The van der Waals surface area contributed by atoms with Crippen molar-refractivity contribution in [1.29, 1.82) is 0 Å². The summed E-state index contributed by atoms with van der Waals surface area (Å²) in [6, 6.07) is 13.8. The van der Waals surface area contributed by atoms with Gasteiger partial charge in [-0.1, -0.05) is 50.2 Å². The first-order valence-corrected chi connectivity index (χ1v) is 7.56. The molecule has 2 aromatic carbocycles. The predicted octanol–water partition coefficient (Wildman–Crippen LogP) is 4.37. The maximum atomic E-state index is 12.7. The van der Waals surface area contributed by atoms with Gasteiger partial charge in [0.1, 0.15) is 5.75 Å². The summed E-state index contributed by atoms with van der Waals surface area (Å²) < 4.78 is 5.74. The van der Waals surface area contributed by atoms with Gasteiger partial charge >= 0.3 is 0 Å². The van der Waals surface area contributed by atoms with Crippen LogP contribution in [0.25, 0.3) is 0 Å². The Balaban J connectivity index is 1.95. The van der Waals surface area contributed by atoms with Crippen LogP contribution in [0.3, 0.4) is 0 Å². The molecule has 0 fully saturated rings. The molecule has 1 aliphatic rings. The number of benzene rings is 2. The molecule has 0 unspecified atom stereocenters. The molecule has 0 radical (unpaired) electrons. The number of para-hydroxylation sites is 1. The van der Waals surface area contributed by atoms with E-state index in [-0.39, 0.29) is 5.78 Å². The lowest BCUT2D eigenvalue weighted by atomic mass is 9.95. The molecule has 108 valence electrons. The molecular formula is C19H20O2. The average Bonchev–Trinajstić information content (AvgIpc) is 2.53. The first kappa shape index (κ1) is 13.9. The van der Waals surface area contributed by atoms with E-state index in [0.29, 0.717) is 18.1 Å². The molecule has 3 rings (SSSR count). The molecule has 21 heavy (non-hydrogen) atoms. The Bertz CT molecular complexity index is 654. The van der Waals surface area contributed by atoms with Gasteiger partial charge in [0, 0.05) is 5.56 Å². The first-order chi connectivity index (χ1) is 10.2. The smallest absolute Gasteiger partial charge is 0.196 e. The van der Waals surface area contributed by atoms with Crippen molar-refractivity contribution in [1.82, 2.24) is 0 Å². The number of hydrogen-bond donors (Lipinski definition) is 0. The Morgan fingerprint density at radius 1 is 1.10 bits per heavy atom. The molecule has 2 heteroatoms. The van der Waals surface area contributed by atoms with Crippen molar-refractivity contribution in [2.45, 2.75) is 32.6 Å². The molecule has 0 bridgehead atoms. The minimum Gasteiger partial charge on any atom is -0.493 e. The van der Waals surface area contributed by atoms with Gasteiger partial charge in [0.25, 0.3) is 0 Å². The fourth-order valence-electron chi connectivity index (χ4n) is 2.74. The summed E-state index contributed by atoms with van der Waals surface area (Å²) >= 11 is 0. The number of ketones is 1. The second kappa shape index (κ2) is 5.72. The molecule has 1 heterocycles. The maximum Gasteiger partial charge on any atom is 0.196 e. The van der Waals surface area contributed by atoms with Gasteiger partial charge < -0.3 is 4.74 Å². The second-order valence-corrected chi connectivity index (χ2v) is 5.85. The number of rotatable bonds is 3. The third-order valence-corrected chi connectivity index (χ3v) is 4.02. The van der Waals surface area contributed by atoms with Gasteiger partial charge in [-0.25, -0.2) is 0 Å². The zero-order chi connectivity index (χ0) is 14.8. The number of fused-ring (bicyclic) bond motifs is 1. The Hall–Kier alpha value is -2.09. The zero-order valence-electron chi connectivity index (χ0n) is 12.6. The molecule has 0 amide bonds.